The van der Waals surface area contributed by atoms with Gasteiger partial charge in [-0.2, -0.15) is 0 Å². The summed E-state index contributed by atoms with van der Waals surface area (Å²) in [5, 5.41) is 0. The summed E-state index contributed by atoms with van der Waals surface area (Å²) in [6, 6.07) is 5.17. The van der Waals surface area contributed by atoms with Gasteiger partial charge in [0.05, 0.1) is 4.90 Å². The van der Waals surface area contributed by atoms with Gasteiger partial charge in [0.1, 0.15) is 0 Å². The van der Waals surface area contributed by atoms with Crippen LogP contribution in [0, 0.1) is 13.8 Å². The molecule has 5 heteroatoms. The Labute approximate surface area is 112 Å². The highest BCUT2D eigenvalue weighted by Crippen LogP contribution is 2.15. The molecular formula is C12H18BrNO2S. The zero-order valence-electron chi connectivity index (χ0n) is 10.3. The van der Waals surface area contributed by atoms with Crippen LogP contribution in [0.3, 0.4) is 0 Å². The number of sulfonamides is 1. The second-order valence-corrected chi connectivity index (χ2v) is 7.17. The second kappa shape index (κ2) is 5.98. The van der Waals surface area contributed by atoms with Crippen LogP contribution in [0.5, 0.6) is 0 Å². The third kappa shape index (κ3) is 4.08. The van der Waals surface area contributed by atoms with Crippen molar-refractivity contribution in [2.24, 2.45) is 0 Å². The molecule has 0 spiro atoms. The van der Waals surface area contributed by atoms with Gasteiger partial charge in [-0.15, -0.1) is 0 Å². The predicted octanol–water partition coefficient (Wildman–Crippen LogP) is 2.76. The van der Waals surface area contributed by atoms with Gasteiger partial charge in [-0.1, -0.05) is 28.9 Å². The number of hydrogen-bond acceptors (Lipinski definition) is 2. The molecule has 0 aromatic heterocycles. The molecule has 96 valence electrons. The third-order valence-corrected chi connectivity index (χ3v) is 5.12. The number of rotatable bonds is 5. The van der Waals surface area contributed by atoms with Crippen LogP contribution in [0.4, 0.5) is 0 Å². The zero-order valence-corrected chi connectivity index (χ0v) is 12.7. The molecule has 0 fully saturated rings. The highest BCUT2D eigenvalue weighted by molar-refractivity contribution is 9.09. The summed E-state index contributed by atoms with van der Waals surface area (Å²) in [6.07, 6.45) is 0.884. The summed E-state index contributed by atoms with van der Waals surface area (Å²) in [5.74, 6) is 0. The van der Waals surface area contributed by atoms with Gasteiger partial charge in [0.15, 0.2) is 0 Å². The van der Waals surface area contributed by atoms with Crippen LogP contribution < -0.4 is 4.72 Å². The highest BCUT2D eigenvalue weighted by atomic mass is 79.9. The second-order valence-electron chi connectivity index (χ2n) is 4.10. The van der Waals surface area contributed by atoms with E-state index < -0.39 is 10.0 Å². The first-order valence-electron chi connectivity index (χ1n) is 5.57. The Morgan fingerprint density at radius 3 is 2.47 bits per heavy atom. The summed E-state index contributed by atoms with van der Waals surface area (Å²) in [6.45, 7) is 6.29. The molecule has 0 aliphatic carbocycles. The van der Waals surface area contributed by atoms with E-state index in [1.54, 1.807) is 12.1 Å². The molecule has 1 rings (SSSR count). The summed E-state index contributed by atoms with van der Waals surface area (Å²) < 4.78 is 26.6. The lowest BCUT2D eigenvalue weighted by molar-refractivity contribution is 0.580. The van der Waals surface area contributed by atoms with Crippen molar-refractivity contribution in [2.45, 2.75) is 36.9 Å². The van der Waals surface area contributed by atoms with Crippen molar-refractivity contribution in [3.63, 3.8) is 0 Å². The molecule has 0 saturated heterocycles. The number of nitrogens with one attached hydrogen (secondary N) is 1. The SMILES string of the molecule is CCC(Br)CNS(=O)(=O)c1ccc(C)c(C)c1. The molecule has 0 radical (unpaired) electrons. The topological polar surface area (TPSA) is 46.2 Å². The number of hydrogen-bond donors (Lipinski definition) is 1. The fourth-order valence-corrected chi connectivity index (χ4v) is 2.85. The molecule has 17 heavy (non-hydrogen) atoms. The normalized spacial score (nSPS) is 13.6. The Balaban J connectivity index is 2.86. The standard InChI is InChI=1S/C12H18BrNO2S/c1-4-11(13)8-14-17(15,16)12-6-5-9(2)10(3)7-12/h5-7,11,14H,4,8H2,1-3H3. The van der Waals surface area contributed by atoms with E-state index >= 15 is 0 Å². The minimum Gasteiger partial charge on any atom is -0.210 e. The molecule has 3 nitrogen and oxygen atoms in total. The van der Waals surface area contributed by atoms with Gasteiger partial charge in [-0.05, 0) is 43.5 Å². The van der Waals surface area contributed by atoms with Gasteiger partial charge < -0.3 is 0 Å². The van der Waals surface area contributed by atoms with Crippen LogP contribution in [-0.4, -0.2) is 19.8 Å². The lowest BCUT2D eigenvalue weighted by Gasteiger charge is -2.11. The van der Waals surface area contributed by atoms with Gasteiger partial charge >= 0.3 is 0 Å². The lowest BCUT2D eigenvalue weighted by Crippen LogP contribution is -2.29. The Bertz CT molecular complexity index is 485. The molecular weight excluding hydrogens is 302 g/mol. The minimum atomic E-state index is -3.38. The zero-order chi connectivity index (χ0) is 13.1. The first-order chi connectivity index (χ1) is 7.86. The molecule has 1 N–H and O–H groups in total. The van der Waals surface area contributed by atoms with Crippen molar-refractivity contribution >= 4 is 26.0 Å². The maximum atomic E-state index is 12.0. The lowest BCUT2D eigenvalue weighted by atomic mass is 10.1. The summed E-state index contributed by atoms with van der Waals surface area (Å²) in [5.41, 5.74) is 2.08. The molecule has 0 aliphatic rings. The molecule has 1 aromatic carbocycles. The van der Waals surface area contributed by atoms with E-state index in [1.807, 2.05) is 26.8 Å². The van der Waals surface area contributed by atoms with E-state index in [0.717, 1.165) is 17.5 Å². The first-order valence-corrected chi connectivity index (χ1v) is 7.97. The Morgan fingerprint density at radius 1 is 1.29 bits per heavy atom. The van der Waals surface area contributed by atoms with Crippen molar-refractivity contribution in [3.05, 3.63) is 29.3 Å². The Hall–Kier alpha value is -0.390. The molecule has 0 saturated carbocycles. The van der Waals surface area contributed by atoms with Gasteiger partial charge in [0, 0.05) is 11.4 Å². The van der Waals surface area contributed by atoms with Crippen LogP contribution in [0.1, 0.15) is 24.5 Å². The molecule has 0 aliphatic heterocycles. The largest absolute Gasteiger partial charge is 0.240 e. The maximum Gasteiger partial charge on any atom is 0.240 e. The fraction of sp³-hybridized carbons (Fsp3) is 0.500. The summed E-state index contributed by atoms with van der Waals surface area (Å²) in [4.78, 5) is 0.500. The first kappa shape index (κ1) is 14.7. The highest BCUT2D eigenvalue weighted by Gasteiger charge is 2.15. The van der Waals surface area contributed by atoms with E-state index in [1.165, 1.54) is 0 Å². The predicted molar refractivity (Wildman–Crippen MR) is 74.1 cm³/mol. The quantitative estimate of drug-likeness (QED) is 0.848. The Morgan fingerprint density at radius 2 is 1.94 bits per heavy atom. The summed E-state index contributed by atoms with van der Waals surface area (Å²) >= 11 is 3.40. The number of aryl methyl sites for hydroxylation is 2. The van der Waals surface area contributed by atoms with Crippen LogP contribution in [0.2, 0.25) is 0 Å². The van der Waals surface area contributed by atoms with Gasteiger partial charge in [-0.3, -0.25) is 0 Å². The number of halogens is 1. The van der Waals surface area contributed by atoms with E-state index in [-0.39, 0.29) is 4.83 Å². The van der Waals surface area contributed by atoms with Crippen molar-refractivity contribution < 1.29 is 8.42 Å². The van der Waals surface area contributed by atoms with Crippen molar-refractivity contribution in [1.82, 2.24) is 4.72 Å². The Kier molecular flexibility index (Phi) is 5.16. The van der Waals surface area contributed by atoms with Gasteiger partial charge in [0.25, 0.3) is 0 Å². The monoisotopic (exact) mass is 319 g/mol. The van der Waals surface area contributed by atoms with Gasteiger partial charge in [0.2, 0.25) is 10.0 Å². The maximum absolute atomic E-state index is 12.0. The van der Waals surface area contributed by atoms with Gasteiger partial charge in [-0.25, -0.2) is 13.1 Å². The molecule has 0 bridgehead atoms. The molecule has 1 aromatic rings. The minimum absolute atomic E-state index is 0.170. The van der Waals surface area contributed by atoms with E-state index in [4.69, 9.17) is 0 Å². The average molecular weight is 320 g/mol. The van der Waals surface area contributed by atoms with Crippen LogP contribution in [0.15, 0.2) is 23.1 Å². The number of benzene rings is 1. The van der Waals surface area contributed by atoms with Crippen LogP contribution in [-0.2, 0) is 10.0 Å². The fourth-order valence-electron chi connectivity index (χ4n) is 1.31. The van der Waals surface area contributed by atoms with Crippen LogP contribution >= 0.6 is 15.9 Å². The summed E-state index contributed by atoms with van der Waals surface area (Å²) in [7, 11) is -3.38. The van der Waals surface area contributed by atoms with Crippen LogP contribution in [0.25, 0.3) is 0 Å². The smallest absolute Gasteiger partial charge is 0.210 e. The van der Waals surface area contributed by atoms with E-state index in [2.05, 4.69) is 20.7 Å². The average Bonchev–Trinajstić information content (AvgIpc) is 2.29. The molecule has 0 heterocycles. The number of alkyl halides is 1. The molecule has 0 amide bonds. The van der Waals surface area contributed by atoms with Crippen molar-refractivity contribution in [1.29, 1.82) is 0 Å². The van der Waals surface area contributed by atoms with Crippen molar-refractivity contribution in [2.75, 3.05) is 6.54 Å². The van der Waals surface area contributed by atoms with E-state index in [0.29, 0.717) is 11.4 Å². The van der Waals surface area contributed by atoms with Crippen molar-refractivity contribution in [3.8, 4) is 0 Å². The van der Waals surface area contributed by atoms with E-state index in [9.17, 15) is 8.42 Å². The third-order valence-electron chi connectivity index (χ3n) is 2.73. The molecule has 1 unspecified atom stereocenters. The molecule has 1 atom stereocenters.